The van der Waals surface area contributed by atoms with E-state index in [0.717, 1.165) is 42.8 Å². The Labute approximate surface area is 160 Å². The van der Waals surface area contributed by atoms with Crippen molar-refractivity contribution in [3.8, 4) is 0 Å². The molecule has 5 nitrogen and oxygen atoms in total. The molecule has 2 aromatic rings. The molecule has 10 heteroatoms. The molecule has 0 radical (unpaired) electrons. The predicted octanol–water partition coefficient (Wildman–Crippen LogP) is 3.37. The molecule has 3 rings (SSSR count). The molecule has 1 unspecified atom stereocenters. The van der Waals surface area contributed by atoms with E-state index in [9.17, 15) is 21.6 Å². The van der Waals surface area contributed by atoms with Crippen molar-refractivity contribution >= 4 is 21.8 Å². The van der Waals surface area contributed by atoms with Crippen molar-refractivity contribution in [2.75, 3.05) is 31.1 Å². The van der Waals surface area contributed by atoms with Gasteiger partial charge in [-0.15, -0.1) is 0 Å². The number of nitrogens with zero attached hydrogens (tertiary/aromatic N) is 1. The summed E-state index contributed by atoms with van der Waals surface area (Å²) in [6.45, 7) is 1.57. The molecular weight excluding hydrogens is 401 g/mol. The molecule has 27 heavy (non-hydrogen) atoms. The summed E-state index contributed by atoms with van der Waals surface area (Å²) in [4.78, 5) is 1.70. The second kappa shape index (κ2) is 8.26. The first-order chi connectivity index (χ1) is 12.8. The van der Waals surface area contributed by atoms with E-state index < -0.39 is 26.7 Å². The highest BCUT2D eigenvalue weighted by molar-refractivity contribution is 7.99. The summed E-state index contributed by atoms with van der Waals surface area (Å²) >= 11 is 1.82. The van der Waals surface area contributed by atoms with E-state index in [1.165, 1.54) is 6.26 Å². The third-order valence-electron chi connectivity index (χ3n) is 4.30. The van der Waals surface area contributed by atoms with E-state index in [1.807, 2.05) is 11.8 Å². The highest BCUT2D eigenvalue weighted by atomic mass is 32.2. The highest BCUT2D eigenvalue weighted by Crippen LogP contribution is 2.30. The van der Waals surface area contributed by atoms with Gasteiger partial charge in [-0.1, -0.05) is 6.07 Å². The van der Waals surface area contributed by atoms with Crippen molar-refractivity contribution in [3.63, 3.8) is 0 Å². The Morgan fingerprint density at radius 1 is 1.19 bits per heavy atom. The average molecular weight is 420 g/mol. The molecule has 0 spiro atoms. The SMILES string of the molecule is O=S(=O)(NCC(c1ccco1)N1CCSCC1)c1cccc(C(F)(F)F)c1. The lowest BCUT2D eigenvalue weighted by Gasteiger charge is -2.33. The van der Waals surface area contributed by atoms with Gasteiger partial charge in [-0.3, -0.25) is 4.90 Å². The number of halogens is 3. The van der Waals surface area contributed by atoms with Crippen LogP contribution in [-0.2, 0) is 16.2 Å². The van der Waals surface area contributed by atoms with Gasteiger partial charge in [0.05, 0.1) is 22.8 Å². The molecule has 148 valence electrons. The van der Waals surface area contributed by atoms with E-state index in [1.54, 1.807) is 12.1 Å². The van der Waals surface area contributed by atoms with Crippen LogP contribution in [0, 0.1) is 0 Å². The number of benzene rings is 1. The fourth-order valence-electron chi connectivity index (χ4n) is 2.89. The fourth-order valence-corrected chi connectivity index (χ4v) is 4.91. The van der Waals surface area contributed by atoms with Crippen molar-refractivity contribution in [1.82, 2.24) is 9.62 Å². The minimum absolute atomic E-state index is 0.0107. The number of hydrogen-bond donors (Lipinski definition) is 1. The lowest BCUT2D eigenvalue weighted by Crippen LogP contribution is -2.41. The Morgan fingerprint density at radius 3 is 2.56 bits per heavy atom. The second-order valence-corrected chi connectivity index (χ2v) is 9.05. The first kappa shape index (κ1) is 20.2. The standard InChI is InChI=1S/C17H19F3N2O3S2/c18-17(19,20)13-3-1-4-14(11-13)27(23,24)21-12-15(16-5-2-8-25-16)22-6-9-26-10-7-22/h1-5,8,11,15,21H,6-7,9-10,12H2. The zero-order chi connectivity index (χ0) is 19.5. The summed E-state index contributed by atoms with van der Waals surface area (Å²) in [7, 11) is -4.09. The van der Waals surface area contributed by atoms with Gasteiger partial charge in [0, 0.05) is 31.1 Å². The van der Waals surface area contributed by atoms with Crippen molar-refractivity contribution in [2.24, 2.45) is 0 Å². The maximum atomic E-state index is 12.9. The minimum Gasteiger partial charge on any atom is -0.468 e. The average Bonchev–Trinajstić information content (AvgIpc) is 3.16. The molecule has 1 aliphatic heterocycles. The fraction of sp³-hybridized carbons (Fsp3) is 0.412. The van der Waals surface area contributed by atoms with Crippen LogP contribution < -0.4 is 4.72 Å². The molecule has 0 amide bonds. The number of furan rings is 1. The van der Waals surface area contributed by atoms with E-state index in [2.05, 4.69) is 9.62 Å². The van der Waals surface area contributed by atoms with Crippen LogP contribution in [0.1, 0.15) is 17.4 Å². The van der Waals surface area contributed by atoms with Gasteiger partial charge in [0.25, 0.3) is 0 Å². The van der Waals surface area contributed by atoms with Crippen LogP contribution in [-0.4, -0.2) is 44.5 Å². The van der Waals surface area contributed by atoms with E-state index >= 15 is 0 Å². The van der Waals surface area contributed by atoms with Crippen LogP contribution in [0.5, 0.6) is 0 Å². The van der Waals surface area contributed by atoms with Crippen molar-refractivity contribution in [2.45, 2.75) is 17.1 Å². The molecule has 1 N–H and O–H groups in total. The summed E-state index contributed by atoms with van der Waals surface area (Å²) < 4.78 is 71.5. The van der Waals surface area contributed by atoms with Crippen molar-refractivity contribution < 1.29 is 26.0 Å². The maximum absolute atomic E-state index is 12.9. The van der Waals surface area contributed by atoms with Crippen LogP contribution in [0.2, 0.25) is 0 Å². The second-order valence-electron chi connectivity index (χ2n) is 6.06. The molecule has 0 saturated carbocycles. The van der Waals surface area contributed by atoms with Crippen LogP contribution in [0.15, 0.2) is 52.0 Å². The van der Waals surface area contributed by atoms with Gasteiger partial charge in [-0.25, -0.2) is 13.1 Å². The number of rotatable bonds is 6. The van der Waals surface area contributed by atoms with Crippen LogP contribution in [0.4, 0.5) is 13.2 Å². The molecule has 0 aliphatic carbocycles. The predicted molar refractivity (Wildman–Crippen MR) is 97.0 cm³/mol. The van der Waals surface area contributed by atoms with Gasteiger partial charge in [0.2, 0.25) is 10.0 Å². The molecule has 1 aliphatic rings. The van der Waals surface area contributed by atoms with Gasteiger partial charge < -0.3 is 4.42 Å². The largest absolute Gasteiger partial charge is 0.468 e. The maximum Gasteiger partial charge on any atom is 0.416 e. The summed E-state index contributed by atoms with van der Waals surface area (Å²) in [6, 6.07) is 6.90. The first-order valence-corrected chi connectivity index (χ1v) is 10.9. The number of nitrogens with one attached hydrogen (secondary N) is 1. The summed E-state index contributed by atoms with van der Waals surface area (Å²) in [6.07, 6.45) is -3.09. The normalized spacial score (nSPS) is 17.7. The molecular formula is C17H19F3N2O3S2. The summed E-state index contributed by atoms with van der Waals surface area (Å²) in [5.41, 5.74) is -0.999. The monoisotopic (exact) mass is 420 g/mol. The third kappa shape index (κ3) is 5.07. The topological polar surface area (TPSA) is 62.6 Å². The summed E-state index contributed by atoms with van der Waals surface area (Å²) in [5.74, 6) is 2.48. The lowest BCUT2D eigenvalue weighted by atomic mass is 10.2. The Hall–Kier alpha value is -1.49. The Kier molecular flexibility index (Phi) is 6.19. The van der Waals surface area contributed by atoms with Gasteiger partial charge in [-0.2, -0.15) is 24.9 Å². The van der Waals surface area contributed by atoms with Gasteiger partial charge in [0.15, 0.2) is 0 Å². The van der Waals surface area contributed by atoms with E-state index in [4.69, 9.17) is 4.42 Å². The Morgan fingerprint density at radius 2 is 1.93 bits per heavy atom. The third-order valence-corrected chi connectivity index (χ3v) is 6.66. The Bertz CT molecular complexity index is 849. The smallest absolute Gasteiger partial charge is 0.416 e. The highest BCUT2D eigenvalue weighted by Gasteiger charge is 2.32. The molecule has 1 saturated heterocycles. The number of thioether (sulfide) groups is 1. The number of alkyl halides is 3. The molecule has 1 fully saturated rings. The van der Waals surface area contributed by atoms with Gasteiger partial charge in [0.1, 0.15) is 5.76 Å². The quantitative estimate of drug-likeness (QED) is 0.777. The minimum atomic E-state index is -4.60. The molecule has 0 bridgehead atoms. The number of sulfonamides is 1. The van der Waals surface area contributed by atoms with E-state index in [0.29, 0.717) is 11.8 Å². The molecule has 1 aromatic carbocycles. The first-order valence-electron chi connectivity index (χ1n) is 8.29. The van der Waals surface area contributed by atoms with Crippen LogP contribution in [0.25, 0.3) is 0 Å². The molecule has 1 atom stereocenters. The van der Waals surface area contributed by atoms with Gasteiger partial charge >= 0.3 is 6.18 Å². The van der Waals surface area contributed by atoms with Crippen LogP contribution in [0.3, 0.4) is 0 Å². The van der Waals surface area contributed by atoms with E-state index in [-0.39, 0.29) is 12.6 Å². The number of hydrogen-bond acceptors (Lipinski definition) is 5. The van der Waals surface area contributed by atoms with Crippen LogP contribution >= 0.6 is 11.8 Å². The Balaban J connectivity index is 1.78. The van der Waals surface area contributed by atoms with Crippen molar-refractivity contribution in [3.05, 3.63) is 54.0 Å². The van der Waals surface area contributed by atoms with Crippen molar-refractivity contribution in [1.29, 1.82) is 0 Å². The molecule has 1 aromatic heterocycles. The lowest BCUT2D eigenvalue weighted by molar-refractivity contribution is -0.137. The zero-order valence-corrected chi connectivity index (χ0v) is 15.9. The summed E-state index contributed by atoms with van der Waals surface area (Å²) in [5, 5.41) is 0. The zero-order valence-electron chi connectivity index (χ0n) is 14.3. The molecule has 2 heterocycles. The van der Waals surface area contributed by atoms with Gasteiger partial charge in [-0.05, 0) is 30.3 Å².